The minimum atomic E-state index is 0.163. The van der Waals surface area contributed by atoms with Gasteiger partial charge in [-0.15, -0.1) is 0 Å². The highest BCUT2D eigenvalue weighted by atomic mass is 16.2. The molecule has 0 spiro atoms. The molecule has 0 aromatic heterocycles. The van der Waals surface area contributed by atoms with E-state index < -0.39 is 0 Å². The monoisotopic (exact) mass is 280 g/mol. The number of piperidine rings is 2. The van der Waals surface area contributed by atoms with Gasteiger partial charge in [0.1, 0.15) is 5.78 Å². The van der Waals surface area contributed by atoms with Crippen molar-refractivity contribution in [3.8, 4) is 0 Å². The maximum Gasteiger partial charge on any atom is 0.226 e. The van der Waals surface area contributed by atoms with Crippen molar-refractivity contribution < 1.29 is 9.59 Å². The lowest BCUT2D eigenvalue weighted by Crippen LogP contribution is -2.50. The molecule has 2 aliphatic heterocycles. The summed E-state index contributed by atoms with van der Waals surface area (Å²) >= 11 is 0. The van der Waals surface area contributed by atoms with E-state index in [1.807, 2.05) is 4.90 Å². The molecule has 0 bridgehead atoms. The SMILES string of the molecule is CCN1CCC(C(=O)N2CCC(C(C)=O)CC2C)CC1. The third-order valence-electron chi connectivity index (χ3n) is 5.12. The van der Waals surface area contributed by atoms with Crippen LogP contribution in [0, 0.1) is 11.8 Å². The molecule has 2 saturated heterocycles. The molecule has 2 unspecified atom stereocenters. The van der Waals surface area contributed by atoms with Crippen molar-refractivity contribution in [2.75, 3.05) is 26.2 Å². The number of hydrogen-bond acceptors (Lipinski definition) is 3. The number of rotatable bonds is 3. The molecule has 4 heteroatoms. The quantitative estimate of drug-likeness (QED) is 0.793. The van der Waals surface area contributed by atoms with E-state index in [4.69, 9.17) is 0 Å². The second kappa shape index (κ2) is 6.70. The average molecular weight is 280 g/mol. The third-order valence-corrected chi connectivity index (χ3v) is 5.12. The number of ketones is 1. The Morgan fingerprint density at radius 2 is 1.65 bits per heavy atom. The summed E-state index contributed by atoms with van der Waals surface area (Å²) in [4.78, 5) is 28.6. The lowest BCUT2D eigenvalue weighted by Gasteiger charge is -2.40. The first-order valence-corrected chi connectivity index (χ1v) is 8.06. The van der Waals surface area contributed by atoms with Crippen LogP contribution in [0.15, 0.2) is 0 Å². The number of nitrogens with zero attached hydrogens (tertiary/aromatic N) is 2. The highest BCUT2D eigenvalue weighted by Crippen LogP contribution is 2.27. The highest BCUT2D eigenvalue weighted by Gasteiger charge is 2.34. The van der Waals surface area contributed by atoms with Crippen LogP contribution in [0.4, 0.5) is 0 Å². The second-order valence-corrected chi connectivity index (χ2v) is 6.42. The van der Waals surface area contributed by atoms with Gasteiger partial charge in [-0.05, 0) is 59.2 Å². The van der Waals surface area contributed by atoms with Gasteiger partial charge in [0.2, 0.25) is 5.91 Å². The van der Waals surface area contributed by atoms with Crippen molar-refractivity contribution in [2.45, 2.75) is 52.5 Å². The summed E-state index contributed by atoms with van der Waals surface area (Å²) < 4.78 is 0. The number of hydrogen-bond donors (Lipinski definition) is 0. The van der Waals surface area contributed by atoms with Gasteiger partial charge in [0, 0.05) is 24.4 Å². The normalized spacial score (nSPS) is 29.4. The van der Waals surface area contributed by atoms with Crippen LogP contribution in [-0.4, -0.2) is 53.7 Å². The van der Waals surface area contributed by atoms with Crippen molar-refractivity contribution in [1.82, 2.24) is 9.80 Å². The molecular weight excluding hydrogens is 252 g/mol. The molecule has 0 saturated carbocycles. The molecule has 20 heavy (non-hydrogen) atoms. The van der Waals surface area contributed by atoms with Crippen LogP contribution in [0.25, 0.3) is 0 Å². The van der Waals surface area contributed by atoms with Crippen LogP contribution in [0.2, 0.25) is 0 Å². The van der Waals surface area contributed by atoms with Crippen LogP contribution in [-0.2, 0) is 9.59 Å². The zero-order valence-corrected chi connectivity index (χ0v) is 13.1. The van der Waals surface area contributed by atoms with Gasteiger partial charge in [0.25, 0.3) is 0 Å². The van der Waals surface area contributed by atoms with E-state index in [1.54, 1.807) is 6.92 Å². The minimum absolute atomic E-state index is 0.163. The Labute approximate surface area is 122 Å². The molecule has 114 valence electrons. The first-order valence-electron chi connectivity index (χ1n) is 8.06. The third kappa shape index (κ3) is 3.40. The lowest BCUT2D eigenvalue weighted by atomic mass is 9.87. The van der Waals surface area contributed by atoms with E-state index in [1.165, 1.54) is 0 Å². The van der Waals surface area contributed by atoms with E-state index in [0.717, 1.165) is 51.9 Å². The lowest BCUT2D eigenvalue weighted by molar-refractivity contribution is -0.142. The molecule has 4 nitrogen and oxygen atoms in total. The summed E-state index contributed by atoms with van der Waals surface area (Å²) in [6.07, 6.45) is 3.67. The maximum atomic E-state index is 12.7. The fraction of sp³-hybridized carbons (Fsp3) is 0.875. The topological polar surface area (TPSA) is 40.6 Å². The number of carbonyl (C=O) groups excluding carboxylic acids is 2. The Hall–Kier alpha value is -0.900. The molecule has 0 aliphatic carbocycles. The number of carbonyl (C=O) groups is 2. The Morgan fingerprint density at radius 1 is 1.05 bits per heavy atom. The van der Waals surface area contributed by atoms with E-state index in [-0.39, 0.29) is 23.7 Å². The molecule has 0 aromatic rings. The Kier molecular flexibility index (Phi) is 5.19. The van der Waals surface area contributed by atoms with Gasteiger partial charge >= 0.3 is 0 Å². The van der Waals surface area contributed by atoms with Gasteiger partial charge in [-0.2, -0.15) is 0 Å². The average Bonchev–Trinajstić information content (AvgIpc) is 2.46. The molecule has 2 atom stereocenters. The first kappa shape index (κ1) is 15.5. The number of amides is 1. The van der Waals surface area contributed by atoms with E-state index in [9.17, 15) is 9.59 Å². The summed E-state index contributed by atoms with van der Waals surface area (Å²) in [7, 11) is 0. The van der Waals surface area contributed by atoms with Gasteiger partial charge in [0.15, 0.2) is 0 Å². The molecule has 0 aromatic carbocycles. The minimum Gasteiger partial charge on any atom is -0.340 e. The maximum absolute atomic E-state index is 12.7. The van der Waals surface area contributed by atoms with Crippen LogP contribution in [0.3, 0.4) is 0 Å². The van der Waals surface area contributed by atoms with Gasteiger partial charge in [-0.1, -0.05) is 6.92 Å². The molecule has 2 aliphatic rings. The second-order valence-electron chi connectivity index (χ2n) is 6.42. The smallest absolute Gasteiger partial charge is 0.226 e. The molecule has 0 radical (unpaired) electrons. The molecule has 2 rings (SSSR count). The fourth-order valence-corrected chi connectivity index (χ4v) is 3.60. The van der Waals surface area contributed by atoms with Crippen molar-refractivity contribution >= 4 is 11.7 Å². The van der Waals surface area contributed by atoms with Gasteiger partial charge in [0.05, 0.1) is 0 Å². The standard InChI is InChI=1S/C16H28N2O2/c1-4-17-8-5-14(6-9-17)16(20)18-10-7-15(13(3)19)11-12(18)2/h12,14-15H,4-11H2,1-3H3. The summed E-state index contributed by atoms with van der Waals surface area (Å²) in [6, 6.07) is 0.217. The van der Waals surface area contributed by atoms with Crippen molar-refractivity contribution in [3.05, 3.63) is 0 Å². The largest absolute Gasteiger partial charge is 0.340 e. The summed E-state index contributed by atoms with van der Waals surface area (Å²) in [5.41, 5.74) is 0. The first-order chi connectivity index (χ1) is 9.52. The molecule has 1 amide bonds. The zero-order chi connectivity index (χ0) is 14.7. The van der Waals surface area contributed by atoms with Gasteiger partial charge in [-0.3, -0.25) is 9.59 Å². The highest BCUT2D eigenvalue weighted by molar-refractivity contribution is 5.81. The predicted molar refractivity (Wildman–Crippen MR) is 79.4 cm³/mol. The van der Waals surface area contributed by atoms with Gasteiger partial charge in [-0.25, -0.2) is 0 Å². The summed E-state index contributed by atoms with van der Waals surface area (Å²) in [5.74, 6) is 0.973. The van der Waals surface area contributed by atoms with Crippen molar-refractivity contribution in [2.24, 2.45) is 11.8 Å². The fourth-order valence-electron chi connectivity index (χ4n) is 3.60. The molecule has 2 heterocycles. The van der Waals surface area contributed by atoms with Gasteiger partial charge < -0.3 is 9.80 Å². The number of Topliss-reactive ketones (excluding diaryl/α,β-unsaturated/α-hetero) is 1. The van der Waals surface area contributed by atoms with E-state index in [2.05, 4.69) is 18.7 Å². The van der Waals surface area contributed by atoms with Crippen LogP contribution < -0.4 is 0 Å². The summed E-state index contributed by atoms with van der Waals surface area (Å²) in [5, 5.41) is 0. The zero-order valence-electron chi connectivity index (χ0n) is 13.1. The number of likely N-dealkylation sites (tertiary alicyclic amines) is 2. The summed E-state index contributed by atoms with van der Waals surface area (Å²) in [6.45, 7) is 9.89. The molecule has 2 fully saturated rings. The van der Waals surface area contributed by atoms with Crippen molar-refractivity contribution in [3.63, 3.8) is 0 Å². The van der Waals surface area contributed by atoms with E-state index >= 15 is 0 Å². The Bertz CT molecular complexity index is 361. The van der Waals surface area contributed by atoms with Crippen LogP contribution in [0.5, 0.6) is 0 Å². The van der Waals surface area contributed by atoms with Crippen LogP contribution >= 0.6 is 0 Å². The van der Waals surface area contributed by atoms with Crippen molar-refractivity contribution in [1.29, 1.82) is 0 Å². The molecular formula is C16H28N2O2. The van der Waals surface area contributed by atoms with Crippen LogP contribution in [0.1, 0.15) is 46.5 Å². The van der Waals surface area contributed by atoms with E-state index in [0.29, 0.717) is 5.91 Å². The predicted octanol–water partition coefficient (Wildman–Crippen LogP) is 1.93. The Morgan fingerprint density at radius 3 is 2.15 bits per heavy atom. The Balaban J connectivity index is 1.89. The molecule has 0 N–H and O–H groups in total.